The summed E-state index contributed by atoms with van der Waals surface area (Å²) >= 11 is 5.92. The van der Waals surface area contributed by atoms with E-state index in [4.69, 9.17) is 25.8 Å². The third kappa shape index (κ3) is 5.22. The van der Waals surface area contributed by atoms with Crippen molar-refractivity contribution in [1.29, 1.82) is 0 Å². The molecule has 0 atom stereocenters. The van der Waals surface area contributed by atoms with Gasteiger partial charge in [0.1, 0.15) is 5.75 Å². The number of carbonyl (C=O) groups is 2. The van der Waals surface area contributed by atoms with E-state index in [1.807, 2.05) is 0 Å². The van der Waals surface area contributed by atoms with Gasteiger partial charge in [0.05, 0.1) is 18.7 Å². The summed E-state index contributed by atoms with van der Waals surface area (Å²) in [5.74, 6) is -1.15. The Morgan fingerprint density at radius 1 is 1.19 bits per heavy atom. The minimum absolute atomic E-state index is 0.0582. The van der Waals surface area contributed by atoms with Crippen LogP contribution in [0.15, 0.2) is 18.2 Å². The first-order chi connectivity index (χ1) is 10.0. The molecule has 0 aliphatic carbocycles. The largest absolute Gasteiger partial charge is 0.495 e. The van der Waals surface area contributed by atoms with Crippen LogP contribution in [0.4, 0.5) is 5.69 Å². The molecule has 0 heterocycles. The molecule has 0 aromatic heterocycles. The van der Waals surface area contributed by atoms with Gasteiger partial charge in [-0.15, -0.1) is 0 Å². The first-order valence-corrected chi connectivity index (χ1v) is 6.38. The Morgan fingerprint density at radius 2 is 1.86 bits per heavy atom. The first kappa shape index (κ1) is 17.2. The van der Waals surface area contributed by atoms with Crippen molar-refractivity contribution in [2.75, 3.05) is 33.2 Å². The fourth-order valence-corrected chi connectivity index (χ4v) is 1.71. The Morgan fingerprint density at radius 3 is 2.38 bits per heavy atom. The molecule has 0 unspecified atom stereocenters. The summed E-state index contributed by atoms with van der Waals surface area (Å²) in [6.07, 6.45) is -0.614. The molecule has 8 heteroatoms. The van der Waals surface area contributed by atoms with Crippen molar-refractivity contribution < 1.29 is 23.8 Å². The van der Waals surface area contributed by atoms with E-state index < -0.39 is 18.1 Å². The van der Waals surface area contributed by atoms with Crippen molar-refractivity contribution >= 4 is 29.1 Å². The lowest BCUT2D eigenvalue weighted by Crippen LogP contribution is -2.40. The van der Waals surface area contributed by atoms with Crippen LogP contribution in [0.2, 0.25) is 5.02 Å². The van der Waals surface area contributed by atoms with E-state index >= 15 is 0 Å². The zero-order valence-electron chi connectivity index (χ0n) is 11.9. The van der Waals surface area contributed by atoms with Gasteiger partial charge in [-0.3, -0.25) is 9.59 Å². The van der Waals surface area contributed by atoms with Gasteiger partial charge in [0, 0.05) is 19.9 Å². The highest BCUT2D eigenvalue weighted by atomic mass is 35.5. The molecule has 0 saturated heterocycles. The predicted molar refractivity (Wildman–Crippen MR) is 77.4 cm³/mol. The van der Waals surface area contributed by atoms with E-state index in [1.165, 1.54) is 27.4 Å². The number of anilines is 1. The van der Waals surface area contributed by atoms with Crippen LogP contribution in [0.25, 0.3) is 0 Å². The summed E-state index contributed by atoms with van der Waals surface area (Å²) in [4.78, 5) is 23.3. The fraction of sp³-hybridized carbons (Fsp3) is 0.385. The van der Waals surface area contributed by atoms with Gasteiger partial charge in [0.15, 0.2) is 6.29 Å². The monoisotopic (exact) mass is 316 g/mol. The Kier molecular flexibility index (Phi) is 6.93. The SMILES string of the molecule is COc1ccc(NC(=O)C(=O)NCC(OC)OC)cc1Cl. The maximum absolute atomic E-state index is 11.7. The van der Waals surface area contributed by atoms with Crippen LogP contribution < -0.4 is 15.4 Å². The third-order valence-corrected chi connectivity index (χ3v) is 2.87. The summed E-state index contributed by atoms with van der Waals surface area (Å²) < 4.78 is 14.8. The summed E-state index contributed by atoms with van der Waals surface area (Å²) in [7, 11) is 4.34. The van der Waals surface area contributed by atoms with Crippen LogP contribution in [-0.2, 0) is 19.1 Å². The third-order valence-electron chi connectivity index (χ3n) is 2.57. The first-order valence-electron chi connectivity index (χ1n) is 6.00. The molecule has 116 valence electrons. The maximum atomic E-state index is 11.7. The average molecular weight is 317 g/mol. The van der Waals surface area contributed by atoms with Crippen LogP contribution in [0.5, 0.6) is 5.75 Å². The minimum Gasteiger partial charge on any atom is -0.495 e. The number of ether oxygens (including phenoxy) is 3. The molecule has 0 aliphatic heterocycles. The summed E-state index contributed by atoms with van der Waals surface area (Å²) in [5, 5.41) is 5.13. The molecule has 21 heavy (non-hydrogen) atoms. The van der Waals surface area contributed by atoms with Crippen LogP contribution in [0.3, 0.4) is 0 Å². The highest BCUT2D eigenvalue weighted by Gasteiger charge is 2.16. The Bertz CT molecular complexity index is 505. The highest BCUT2D eigenvalue weighted by molar-refractivity contribution is 6.40. The molecule has 2 N–H and O–H groups in total. The van der Waals surface area contributed by atoms with Gasteiger partial charge in [-0.25, -0.2) is 0 Å². The number of amides is 2. The van der Waals surface area contributed by atoms with Crippen molar-refractivity contribution in [2.24, 2.45) is 0 Å². The second-order valence-corrected chi connectivity index (χ2v) is 4.32. The smallest absolute Gasteiger partial charge is 0.313 e. The summed E-state index contributed by atoms with van der Waals surface area (Å²) in [6, 6.07) is 4.64. The number of hydrogen-bond donors (Lipinski definition) is 2. The standard InChI is InChI=1S/C13H17ClN2O5/c1-19-10-5-4-8(6-9(10)14)16-13(18)12(17)15-7-11(20-2)21-3/h4-6,11H,7H2,1-3H3,(H,15,17)(H,16,18). The molecule has 0 aliphatic rings. The molecule has 1 aromatic carbocycles. The molecule has 0 fully saturated rings. The normalized spacial score (nSPS) is 10.3. The van der Waals surface area contributed by atoms with E-state index in [2.05, 4.69) is 10.6 Å². The zero-order valence-corrected chi connectivity index (χ0v) is 12.7. The van der Waals surface area contributed by atoms with Gasteiger partial charge < -0.3 is 24.8 Å². The van der Waals surface area contributed by atoms with E-state index in [0.717, 1.165) is 0 Å². The van der Waals surface area contributed by atoms with Crippen LogP contribution in [0, 0.1) is 0 Å². The zero-order chi connectivity index (χ0) is 15.8. The lowest BCUT2D eigenvalue weighted by atomic mass is 10.3. The predicted octanol–water partition coefficient (Wildman–Crippen LogP) is 1.02. The second kappa shape index (κ2) is 8.46. The molecule has 0 saturated carbocycles. The number of halogens is 1. The van der Waals surface area contributed by atoms with Crippen molar-refractivity contribution in [2.45, 2.75) is 6.29 Å². The molecular weight excluding hydrogens is 300 g/mol. The lowest BCUT2D eigenvalue weighted by molar-refractivity contribution is -0.139. The minimum atomic E-state index is -0.817. The number of nitrogens with one attached hydrogen (secondary N) is 2. The quantitative estimate of drug-likeness (QED) is 0.604. The molecule has 2 amide bonds. The van der Waals surface area contributed by atoms with Crippen molar-refractivity contribution in [1.82, 2.24) is 5.32 Å². The molecule has 0 radical (unpaired) electrons. The van der Waals surface area contributed by atoms with Gasteiger partial charge in [0.25, 0.3) is 0 Å². The Hall–Kier alpha value is -1.83. The average Bonchev–Trinajstić information content (AvgIpc) is 2.48. The van der Waals surface area contributed by atoms with E-state index in [-0.39, 0.29) is 6.54 Å². The summed E-state index contributed by atoms with van der Waals surface area (Å²) in [5.41, 5.74) is 0.385. The van der Waals surface area contributed by atoms with Gasteiger partial charge in [-0.1, -0.05) is 11.6 Å². The van der Waals surface area contributed by atoms with Crippen molar-refractivity contribution in [3.63, 3.8) is 0 Å². The van der Waals surface area contributed by atoms with Gasteiger partial charge >= 0.3 is 11.8 Å². The molecule has 1 rings (SSSR count). The number of rotatable bonds is 6. The highest BCUT2D eigenvalue weighted by Crippen LogP contribution is 2.27. The van der Waals surface area contributed by atoms with E-state index in [0.29, 0.717) is 16.5 Å². The fourth-order valence-electron chi connectivity index (χ4n) is 1.45. The van der Waals surface area contributed by atoms with Gasteiger partial charge in [-0.2, -0.15) is 0 Å². The number of methoxy groups -OCH3 is 3. The maximum Gasteiger partial charge on any atom is 0.313 e. The molecule has 0 spiro atoms. The topological polar surface area (TPSA) is 85.9 Å². The molecular formula is C13H17ClN2O5. The molecule has 1 aromatic rings. The molecule has 7 nitrogen and oxygen atoms in total. The van der Waals surface area contributed by atoms with Gasteiger partial charge in [-0.05, 0) is 18.2 Å². The van der Waals surface area contributed by atoms with Gasteiger partial charge in [0.2, 0.25) is 0 Å². The van der Waals surface area contributed by atoms with Crippen molar-refractivity contribution in [3.8, 4) is 5.75 Å². The number of hydrogen-bond acceptors (Lipinski definition) is 5. The number of benzene rings is 1. The van der Waals surface area contributed by atoms with E-state index in [9.17, 15) is 9.59 Å². The van der Waals surface area contributed by atoms with Crippen LogP contribution in [0.1, 0.15) is 0 Å². The van der Waals surface area contributed by atoms with Crippen molar-refractivity contribution in [3.05, 3.63) is 23.2 Å². The van der Waals surface area contributed by atoms with E-state index in [1.54, 1.807) is 12.1 Å². The second-order valence-electron chi connectivity index (χ2n) is 3.91. The Balaban J connectivity index is 2.56. The lowest BCUT2D eigenvalue weighted by Gasteiger charge is -2.14. The van der Waals surface area contributed by atoms with Crippen LogP contribution >= 0.6 is 11.6 Å². The van der Waals surface area contributed by atoms with Crippen LogP contribution in [-0.4, -0.2) is 46.0 Å². The number of carbonyl (C=O) groups excluding carboxylic acids is 2. The summed E-state index contributed by atoms with van der Waals surface area (Å²) in [6.45, 7) is 0.0582. The molecule has 0 bridgehead atoms. The Labute approximate surface area is 127 Å².